The third kappa shape index (κ3) is 3.93. The highest BCUT2D eigenvalue weighted by Crippen LogP contribution is 2.25. The fourth-order valence-corrected chi connectivity index (χ4v) is 2.95. The molecule has 2 aliphatic rings. The molecule has 2 aromatic carbocycles. The molecule has 0 fully saturated rings. The fourth-order valence-electron chi connectivity index (χ4n) is 2.95. The molecule has 4 rings (SSSR count). The first-order valence-electron chi connectivity index (χ1n) is 8.79. The van der Waals surface area contributed by atoms with E-state index >= 15 is 0 Å². The van der Waals surface area contributed by atoms with Crippen molar-refractivity contribution in [1.29, 1.82) is 0 Å². The molecule has 0 spiro atoms. The van der Waals surface area contributed by atoms with Crippen molar-refractivity contribution in [2.24, 2.45) is 0 Å². The van der Waals surface area contributed by atoms with Gasteiger partial charge in [-0.05, 0) is 29.3 Å². The van der Waals surface area contributed by atoms with Crippen molar-refractivity contribution in [1.82, 2.24) is 4.98 Å². The quantitative estimate of drug-likeness (QED) is 0.397. The summed E-state index contributed by atoms with van der Waals surface area (Å²) in [6.07, 6.45) is 1.90. The topological polar surface area (TPSA) is 42.0 Å². The number of anilines is 1. The predicted molar refractivity (Wildman–Crippen MR) is 110 cm³/mol. The average Bonchev–Trinajstić information content (AvgIpc) is 2.95. The van der Waals surface area contributed by atoms with E-state index in [4.69, 9.17) is 0 Å². The Balaban J connectivity index is 1.68. The zero-order chi connectivity index (χ0) is 18.5. The van der Waals surface area contributed by atoms with Crippen molar-refractivity contribution >= 4 is 23.4 Å². The Labute approximate surface area is 158 Å². The highest BCUT2D eigenvalue weighted by Gasteiger charge is 2.15. The van der Waals surface area contributed by atoms with Crippen LogP contribution in [0.15, 0.2) is 97.1 Å². The average molecular weight is 350 g/mol. The lowest BCUT2D eigenvalue weighted by molar-refractivity contribution is -0.111. The monoisotopic (exact) mass is 350 g/mol. The molecular formula is C24H18N2O. The number of carbonyl (C=O) groups is 1. The molecule has 3 nitrogen and oxygen atoms in total. The molecule has 130 valence electrons. The summed E-state index contributed by atoms with van der Waals surface area (Å²) >= 11 is 0. The van der Waals surface area contributed by atoms with E-state index in [1.807, 2.05) is 103 Å². The maximum absolute atomic E-state index is 13.0. The number of hydrogen-bond donors (Lipinski definition) is 1. The summed E-state index contributed by atoms with van der Waals surface area (Å²) in [5, 5.41) is 2.94. The summed E-state index contributed by atoms with van der Waals surface area (Å²) in [5.74, 6) is 0.369. The molecule has 0 saturated heterocycles. The number of fused-ring (bicyclic) bond motifs is 1. The lowest BCUT2D eigenvalue weighted by Gasteiger charge is -2.08. The number of hydrogen-bond acceptors (Lipinski definition) is 2. The first-order chi connectivity index (χ1) is 13.3. The highest BCUT2D eigenvalue weighted by atomic mass is 16.1. The molecule has 0 bridgehead atoms. The van der Waals surface area contributed by atoms with E-state index in [9.17, 15) is 4.79 Å². The molecule has 0 unspecified atom stereocenters. The lowest BCUT2D eigenvalue weighted by atomic mass is 10.0. The number of nitrogens with one attached hydrogen (secondary N) is 1. The number of aromatic nitrogens is 1. The zero-order valence-electron chi connectivity index (χ0n) is 14.7. The van der Waals surface area contributed by atoms with E-state index in [0.717, 1.165) is 22.4 Å². The molecule has 0 saturated carbocycles. The van der Waals surface area contributed by atoms with Crippen LogP contribution in [0.1, 0.15) is 11.1 Å². The van der Waals surface area contributed by atoms with Crippen LogP contribution in [0.2, 0.25) is 0 Å². The minimum Gasteiger partial charge on any atom is -0.307 e. The van der Waals surface area contributed by atoms with Crippen molar-refractivity contribution in [2.75, 3.05) is 5.32 Å². The lowest BCUT2D eigenvalue weighted by Crippen LogP contribution is -2.13. The van der Waals surface area contributed by atoms with Crippen molar-refractivity contribution in [3.63, 3.8) is 0 Å². The second-order valence-electron chi connectivity index (χ2n) is 6.18. The van der Waals surface area contributed by atoms with Crippen LogP contribution in [-0.4, -0.2) is 10.9 Å². The van der Waals surface area contributed by atoms with Gasteiger partial charge in [-0.1, -0.05) is 84.9 Å². The van der Waals surface area contributed by atoms with Gasteiger partial charge in [0.25, 0.3) is 5.91 Å². The number of amides is 1. The predicted octanol–water partition coefficient (Wildman–Crippen LogP) is 5.37. The van der Waals surface area contributed by atoms with Gasteiger partial charge in [0.2, 0.25) is 0 Å². The summed E-state index contributed by atoms with van der Waals surface area (Å²) < 4.78 is 0. The second kappa shape index (κ2) is 7.67. The fraction of sp³-hybridized carbons (Fsp3) is 0. The van der Waals surface area contributed by atoms with Gasteiger partial charge in [0.15, 0.2) is 0 Å². The van der Waals surface area contributed by atoms with Gasteiger partial charge in [-0.25, -0.2) is 4.98 Å². The molecule has 2 aromatic rings. The first-order valence-corrected chi connectivity index (χ1v) is 8.79. The van der Waals surface area contributed by atoms with Crippen LogP contribution in [0, 0.1) is 0 Å². The summed E-state index contributed by atoms with van der Waals surface area (Å²) in [5.41, 5.74) is 4.27. The van der Waals surface area contributed by atoms with Crippen LogP contribution in [0.3, 0.4) is 0 Å². The maximum atomic E-state index is 13.0. The molecule has 27 heavy (non-hydrogen) atoms. The van der Waals surface area contributed by atoms with Crippen molar-refractivity contribution in [3.05, 3.63) is 108 Å². The van der Waals surface area contributed by atoms with Gasteiger partial charge in [0, 0.05) is 11.1 Å². The van der Waals surface area contributed by atoms with E-state index in [1.165, 1.54) is 0 Å². The normalized spacial score (nSPS) is 11.3. The molecule has 1 heterocycles. The molecule has 0 atom stereocenters. The van der Waals surface area contributed by atoms with Gasteiger partial charge in [-0.3, -0.25) is 4.79 Å². The molecule has 1 aliphatic heterocycles. The van der Waals surface area contributed by atoms with Gasteiger partial charge in [-0.2, -0.15) is 0 Å². The van der Waals surface area contributed by atoms with E-state index in [2.05, 4.69) is 10.3 Å². The maximum Gasteiger partial charge on any atom is 0.257 e. The Morgan fingerprint density at radius 2 is 1.41 bits per heavy atom. The molecular weight excluding hydrogens is 332 g/mol. The van der Waals surface area contributed by atoms with E-state index in [-0.39, 0.29) is 5.91 Å². The molecule has 0 radical (unpaired) electrons. The Kier molecular flexibility index (Phi) is 4.75. The van der Waals surface area contributed by atoms with Crippen molar-refractivity contribution in [2.45, 2.75) is 0 Å². The number of rotatable bonds is 4. The van der Waals surface area contributed by atoms with Gasteiger partial charge in [0.1, 0.15) is 5.82 Å². The van der Waals surface area contributed by atoms with E-state index < -0.39 is 0 Å². The summed E-state index contributed by atoms with van der Waals surface area (Å²) in [6, 6.07) is 31.1. The van der Waals surface area contributed by atoms with Crippen molar-refractivity contribution < 1.29 is 4.79 Å². The summed E-state index contributed by atoms with van der Waals surface area (Å²) in [6.45, 7) is 0. The van der Waals surface area contributed by atoms with E-state index in [1.54, 1.807) is 0 Å². The van der Waals surface area contributed by atoms with Gasteiger partial charge < -0.3 is 5.32 Å². The van der Waals surface area contributed by atoms with Gasteiger partial charge >= 0.3 is 0 Å². The second-order valence-corrected chi connectivity index (χ2v) is 6.18. The zero-order valence-corrected chi connectivity index (χ0v) is 14.7. The minimum atomic E-state index is -0.183. The van der Waals surface area contributed by atoms with Crippen LogP contribution >= 0.6 is 0 Å². The standard InChI is InChI=1S/C24H18N2O/c27-24(26-23-17-20-14-8-3-9-15-22(20)25-23)21(19-12-6-2-7-13-19)16-18-10-4-1-5-11-18/h1-17H,(H,25,26,27)/b21-16+. The third-order valence-electron chi connectivity index (χ3n) is 4.26. The van der Waals surface area contributed by atoms with Crippen LogP contribution < -0.4 is 5.32 Å². The first kappa shape index (κ1) is 16.7. The number of nitrogens with zero attached hydrogens (tertiary/aromatic N) is 1. The number of carbonyl (C=O) groups excluding carboxylic acids is 1. The third-order valence-corrected chi connectivity index (χ3v) is 4.26. The molecule has 1 N–H and O–H groups in total. The van der Waals surface area contributed by atoms with Crippen LogP contribution in [0.25, 0.3) is 22.9 Å². The Morgan fingerprint density at radius 3 is 2.15 bits per heavy atom. The smallest absolute Gasteiger partial charge is 0.257 e. The summed E-state index contributed by atoms with van der Waals surface area (Å²) in [7, 11) is 0. The molecule has 1 amide bonds. The van der Waals surface area contributed by atoms with Gasteiger partial charge in [0.05, 0.1) is 5.69 Å². The van der Waals surface area contributed by atoms with Crippen molar-refractivity contribution in [3.8, 4) is 11.3 Å². The Bertz CT molecular complexity index is 1020. The largest absolute Gasteiger partial charge is 0.307 e. The molecule has 0 aromatic heterocycles. The highest BCUT2D eigenvalue weighted by molar-refractivity contribution is 6.29. The summed E-state index contributed by atoms with van der Waals surface area (Å²) in [4.78, 5) is 17.6. The number of benzene rings is 2. The Hall–Kier alpha value is -3.72. The molecule has 3 heteroatoms. The van der Waals surface area contributed by atoms with Crippen LogP contribution in [0.4, 0.5) is 5.82 Å². The van der Waals surface area contributed by atoms with E-state index in [0.29, 0.717) is 11.4 Å². The van der Waals surface area contributed by atoms with Gasteiger partial charge in [-0.15, -0.1) is 0 Å². The van der Waals surface area contributed by atoms with Crippen LogP contribution in [-0.2, 0) is 4.79 Å². The molecule has 1 aliphatic carbocycles. The Morgan fingerprint density at radius 1 is 0.778 bits per heavy atom. The SMILES string of the molecule is O=C(Nc1cc2cccccc-2n1)/C(=C/c1ccccc1)c1ccccc1. The van der Waals surface area contributed by atoms with Crippen LogP contribution in [0.5, 0.6) is 0 Å². The minimum absolute atomic E-state index is 0.183.